The predicted molar refractivity (Wildman–Crippen MR) is 140 cm³/mol. The molecule has 0 radical (unpaired) electrons. The van der Waals surface area contributed by atoms with Crippen LogP contribution in [-0.4, -0.2) is 34.8 Å². The van der Waals surface area contributed by atoms with E-state index in [-0.39, 0.29) is 42.9 Å². The Bertz CT molecular complexity index is 1520. The van der Waals surface area contributed by atoms with Crippen LogP contribution in [0.3, 0.4) is 0 Å². The second-order valence-electron chi connectivity index (χ2n) is 8.57. The minimum atomic E-state index is -0.629. The van der Waals surface area contributed by atoms with Gasteiger partial charge in [0.2, 0.25) is 5.91 Å². The lowest BCUT2D eigenvalue weighted by molar-refractivity contribution is -0.133. The van der Waals surface area contributed by atoms with Gasteiger partial charge in [0, 0.05) is 18.8 Å². The summed E-state index contributed by atoms with van der Waals surface area (Å²) in [5.41, 5.74) is 1.25. The zero-order chi connectivity index (χ0) is 27.1. The molecule has 0 atom stereocenters. The highest BCUT2D eigenvalue weighted by Crippen LogP contribution is 2.15. The fourth-order valence-corrected chi connectivity index (χ4v) is 3.88. The molecule has 1 aromatic heterocycles. The monoisotopic (exact) mass is 517 g/mol. The average molecular weight is 518 g/mol. The van der Waals surface area contributed by atoms with Crippen molar-refractivity contribution in [3.05, 3.63) is 125 Å². The van der Waals surface area contributed by atoms with Crippen LogP contribution in [0.5, 0.6) is 0 Å². The van der Waals surface area contributed by atoms with Crippen molar-refractivity contribution >= 4 is 28.6 Å². The zero-order valence-corrected chi connectivity index (χ0v) is 20.4. The second kappa shape index (κ2) is 12.0. The van der Waals surface area contributed by atoms with E-state index in [0.717, 1.165) is 6.07 Å². The quantitative estimate of drug-likeness (QED) is 0.305. The number of carbonyl (C=O) groups excluding carboxylic acids is 2. The minimum Gasteiger partial charge on any atom is -0.464 e. The summed E-state index contributed by atoms with van der Waals surface area (Å²) >= 11 is 0. The molecule has 4 aromatic rings. The number of benzene rings is 3. The molecule has 0 saturated carbocycles. The Morgan fingerprint density at radius 1 is 0.921 bits per heavy atom. The molecule has 1 N–H and O–H groups in total. The lowest BCUT2D eigenvalue weighted by Crippen LogP contribution is -2.44. The van der Waals surface area contributed by atoms with Crippen LogP contribution in [0.4, 0.5) is 19.3 Å². The number of nitrogens with zero attached hydrogens (tertiary/aromatic N) is 2. The van der Waals surface area contributed by atoms with Gasteiger partial charge in [-0.05, 0) is 48.0 Å². The maximum absolute atomic E-state index is 13.6. The van der Waals surface area contributed by atoms with E-state index in [9.17, 15) is 23.2 Å². The highest BCUT2D eigenvalue weighted by Gasteiger charge is 2.23. The molecule has 0 saturated heterocycles. The number of urea groups is 1. The summed E-state index contributed by atoms with van der Waals surface area (Å²) in [4.78, 5) is 42.1. The number of fused-ring (bicyclic) bond motifs is 1. The maximum Gasteiger partial charge on any atom is 0.322 e. The van der Waals surface area contributed by atoms with Crippen molar-refractivity contribution in [2.45, 2.75) is 13.1 Å². The van der Waals surface area contributed by atoms with E-state index < -0.39 is 23.6 Å². The van der Waals surface area contributed by atoms with Crippen LogP contribution >= 0.6 is 0 Å². The Hall–Kier alpha value is -4.79. The SMILES string of the molecule is C=CCN(CC(=O)N(Cc1ccc(F)cc1)Cc1coc2ccccc2c1=O)C(=O)Nc1cccc(F)c1. The summed E-state index contributed by atoms with van der Waals surface area (Å²) in [6.45, 7) is 3.28. The molecule has 3 aromatic carbocycles. The van der Waals surface area contributed by atoms with Crippen LogP contribution in [0.25, 0.3) is 11.0 Å². The van der Waals surface area contributed by atoms with Crippen LogP contribution in [0.15, 0.2) is 101 Å². The fraction of sp³-hybridized carbons (Fsp3) is 0.138. The number of hydrogen-bond donors (Lipinski definition) is 1. The van der Waals surface area contributed by atoms with Crippen LogP contribution in [0.2, 0.25) is 0 Å². The van der Waals surface area contributed by atoms with E-state index in [2.05, 4.69) is 11.9 Å². The highest BCUT2D eigenvalue weighted by atomic mass is 19.1. The summed E-state index contributed by atoms with van der Waals surface area (Å²) in [6, 6.07) is 17.2. The molecule has 194 valence electrons. The smallest absolute Gasteiger partial charge is 0.322 e. The lowest BCUT2D eigenvalue weighted by atomic mass is 10.1. The zero-order valence-electron chi connectivity index (χ0n) is 20.4. The molecule has 0 bridgehead atoms. The Balaban J connectivity index is 1.59. The molecule has 0 spiro atoms. The Labute approximate surface area is 217 Å². The van der Waals surface area contributed by atoms with Crippen LogP contribution in [0, 0.1) is 11.6 Å². The Kier molecular flexibility index (Phi) is 8.27. The summed E-state index contributed by atoms with van der Waals surface area (Å²) < 4.78 is 32.6. The van der Waals surface area contributed by atoms with Crippen LogP contribution in [0.1, 0.15) is 11.1 Å². The molecule has 38 heavy (non-hydrogen) atoms. The van der Waals surface area contributed by atoms with Gasteiger partial charge in [0.05, 0.1) is 23.8 Å². The maximum atomic E-state index is 13.6. The number of amides is 3. The van der Waals surface area contributed by atoms with E-state index in [1.54, 1.807) is 24.3 Å². The Morgan fingerprint density at radius 2 is 1.68 bits per heavy atom. The molecule has 1 heterocycles. The first-order chi connectivity index (χ1) is 18.3. The van der Waals surface area contributed by atoms with E-state index in [4.69, 9.17) is 4.42 Å². The normalized spacial score (nSPS) is 10.7. The van der Waals surface area contributed by atoms with E-state index in [1.165, 1.54) is 64.6 Å². The molecular formula is C29H25F2N3O4. The van der Waals surface area contributed by atoms with Gasteiger partial charge in [-0.2, -0.15) is 0 Å². The third kappa shape index (κ3) is 6.50. The van der Waals surface area contributed by atoms with Crippen molar-refractivity contribution in [1.29, 1.82) is 0 Å². The van der Waals surface area contributed by atoms with Gasteiger partial charge in [-0.15, -0.1) is 6.58 Å². The number of hydrogen-bond acceptors (Lipinski definition) is 4. The molecule has 4 rings (SSSR count). The van der Waals surface area contributed by atoms with Crippen LogP contribution < -0.4 is 10.7 Å². The molecule has 0 aliphatic rings. The third-order valence-corrected chi connectivity index (χ3v) is 5.79. The first-order valence-corrected chi connectivity index (χ1v) is 11.8. The molecule has 0 unspecified atom stereocenters. The minimum absolute atomic E-state index is 0.0371. The lowest BCUT2D eigenvalue weighted by Gasteiger charge is -2.27. The van der Waals surface area contributed by atoms with Gasteiger partial charge in [0.1, 0.15) is 23.8 Å². The van der Waals surface area contributed by atoms with Gasteiger partial charge >= 0.3 is 6.03 Å². The summed E-state index contributed by atoms with van der Waals surface area (Å²) in [5.74, 6) is -1.42. The predicted octanol–water partition coefficient (Wildman–Crippen LogP) is 5.32. The molecule has 0 aliphatic carbocycles. The second-order valence-corrected chi connectivity index (χ2v) is 8.57. The largest absolute Gasteiger partial charge is 0.464 e. The summed E-state index contributed by atoms with van der Waals surface area (Å²) in [5, 5.41) is 2.95. The standard InChI is InChI=1S/C29H25F2N3O4/c1-2-14-33(29(37)32-24-7-5-6-23(31)15-24)18-27(35)34(16-20-10-12-22(30)13-11-20)17-21-19-38-26-9-4-3-8-25(26)28(21)36/h2-13,15,19H,1,14,16-18H2,(H,32,37). The van der Waals surface area contributed by atoms with Crippen molar-refractivity contribution in [2.24, 2.45) is 0 Å². The van der Waals surface area contributed by atoms with Crippen molar-refractivity contribution in [2.75, 3.05) is 18.4 Å². The van der Waals surface area contributed by atoms with Crippen molar-refractivity contribution < 1.29 is 22.8 Å². The van der Waals surface area contributed by atoms with Crippen molar-refractivity contribution in [3.8, 4) is 0 Å². The Morgan fingerprint density at radius 3 is 2.42 bits per heavy atom. The van der Waals surface area contributed by atoms with E-state index in [0.29, 0.717) is 16.5 Å². The molecule has 9 heteroatoms. The number of nitrogens with one attached hydrogen (secondary N) is 1. The number of carbonyl (C=O) groups is 2. The molecule has 0 aliphatic heterocycles. The number of rotatable bonds is 9. The molecule has 0 fully saturated rings. The van der Waals surface area contributed by atoms with Gasteiger partial charge in [-0.25, -0.2) is 13.6 Å². The summed E-state index contributed by atoms with van der Waals surface area (Å²) in [6.07, 6.45) is 2.77. The number of halogens is 2. The van der Waals surface area contributed by atoms with E-state index in [1.807, 2.05) is 0 Å². The summed E-state index contributed by atoms with van der Waals surface area (Å²) in [7, 11) is 0. The topological polar surface area (TPSA) is 82.9 Å². The molecular weight excluding hydrogens is 492 g/mol. The van der Waals surface area contributed by atoms with Gasteiger partial charge in [-0.3, -0.25) is 9.59 Å². The van der Waals surface area contributed by atoms with Crippen LogP contribution in [-0.2, 0) is 17.9 Å². The molecule has 7 nitrogen and oxygen atoms in total. The number of anilines is 1. The third-order valence-electron chi connectivity index (χ3n) is 5.79. The highest BCUT2D eigenvalue weighted by molar-refractivity contribution is 5.92. The van der Waals surface area contributed by atoms with Gasteiger partial charge in [-0.1, -0.05) is 36.4 Å². The van der Waals surface area contributed by atoms with Crippen molar-refractivity contribution in [3.63, 3.8) is 0 Å². The van der Waals surface area contributed by atoms with Crippen molar-refractivity contribution in [1.82, 2.24) is 9.80 Å². The van der Waals surface area contributed by atoms with Gasteiger partial charge in [0.15, 0.2) is 5.43 Å². The average Bonchev–Trinajstić information content (AvgIpc) is 2.90. The van der Waals surface area contributed by atoms with Gasteiger partial charge in [0.25, 0.3) is 0 Å². The fourth-order valence-electron chi connectivity index (χ4n) is 3.88. The van der Waals surface area contributed by atoms with E-state index >= 15 is 0 Å². The number of para-hydroxylation sites is 1. The van der Waals surface area contributed by atoms with Gasteiger partial charge < -0.3 is 19.5 Å². The first-order valence-electron chi connectivity index (χ1n) is 11.8. The molecule has 3 amide bonds. The first kappa shape index (κ1) is 26.3.